The molecule has 0 aliphatic carbocycles. The maximum absolute atomic E-state index is 12.9. The minimum absolute atomic E-state index is 0.0932. The zero-order chi connectivity index (χ0) is 18.4. The lowest BCUT2D eigenvalue weighted by Crippen LogP contribution is -2.49. The average molecular weight is 368 g/mol. The van der Waals surface area contributed by atoms with Gasteiger partial charge in [-0.2, -0.15) is 0 Å². The molecule has 0 radical (unpaired) electrons. The van der Waals surface area contributed by atoms with Crippen LogP contribution in [0.3, 0.4) is 0 Å². The van der Waals surface area contributed by atoms with Gasteiger partial charge in [0.25, 0.3) is 5.91 Å². The van der Waals surface area contributed by atoms with Crippen molar-refractivity contribution in [3.8, 4) is 0 Å². The van der Waals surface area contributed by atoms with Crippen LogP contribution in [0.25, 0.3) is 0 Å². The van der Waals surface area contributed by atoms with Gasteiger partial charge in [-0.05, 0) is 32.7 Å². The van der Waals surface area contributed by atoms with Gasteiger partial charge in [-0.3, -0.25) is 9.69 Å². The van der Waals surface area contributed by atoms with Gasteiger partial charge in [-0.15, -0.1) is 0 Å². The first-order valence-electron chi connectivity index (χ1n) is 9.25. The van der Waals surface area contributed by atoms with E-state index in [-0.39, 0.29) is 5.91 Å². The van der Waals surface area contributed by atoms with Crippen LogP contribution in [-0.4, -0.2) is 71.5 Å². The van der Waals surface area contributed by atoms with Crippen molar-refractivity contribution in [2.45, 2.75) is 34.1 Å². The summed E-state index contributed by atoms with van der Waals surface area (Å²) in [6.45, 7) is 14.5. The maximum Gasteiger partial charge on any atom is 0.274 e. The summed E-state index contributed by atoms with van der Waals surface area (Å²) < 4.78 is 0. The minimum atomic E-state index is -0.0932. The Kier molecular flexibility index (Phi) is 7.44. The first kappa shape index (κ1) is 19.9. The minimum Gasteiger partial charge on any atom is -0.341 e. The van der Waals surface area contributed by atoms with E-state index >= 15 is 0 Å². The normalized spacial score (nSPS) is 15.7. The van der Waals surface area contributed by atoms with E-state index in [1.165, 1.54) is 12.6 Å². The monoisotopic (exact) mass is 367 g/mol. The standard InChI is InChI=1S/C18H30ClN5O/c1-5-23(6-2)18-20-13-15(19)16(21-18)17(25)24-11-9-22(10-12-24)8-7-14(3)4/h13-14H,5-12H2,1-4H3. The highest BCUT2D eigenvalue weighted by molar-refractivity contribution is 6.33. The summed E-state index contributed by atoms with van der Waals surface area (Å²) in [5.41, 5.74) is 0.314. The lowest BCUT2D eigenvalue weighted by Gasteiger charge is -2.35. The SMILES string of the molecule is CCN(CC)c1ncc(Cl)c(C(=O)N2CCN(CCC(C)C)CC2)n1. The fraction of sp³-hybridized carbons (Fsp3) is 0.722. The van der Waals surface area contributed by atoms with E-state index in [2.05, 4.69) is 28.7 Å². The van der Waals surface area contributed by atoms with Gasteiger partial charge in [-0.1, -0.05) is 25.4 Å². The van der Waals surface area contributed by atoms with Gasteiger partial charge in [0.1, 0.15) is 0 Å². The Labute approximate surface area is 156 Å². The molecule has 1 aromatic heterocycles. The molecule has 0 N–H and O–H groups in total. The summed E-state index contributed by atoms with van der Waals surface area (Å²) >= 11 is 6.21. The molecule has 2 heterocycles. The topological polar surface area (TPSA) is 52.6 Å². The van der Waals surface area contributed by atoms with E-state index in [0.717, 1.165) is 45.8 Å². The third-order valence-electron chi connectivity index (χ3n) is 4.66. The Balaban J connectivity index is 2.02. The molecule has 1 aliphatic rings. The number of aromatic nitrogens is 2. The molecule has 1 amide bonds. The Morgan fingerprint density at radius 3 is 2.44 bits per heavy atom. The third-order valence-corrected chi connectivity index (χ3v) is 4.94. The van der Waals surface area contributed by atoms with E-state index in [1.54, 1.807) is 0 Å². The van der Waals surface area contributed by atoms with Gasteiger partial charge in [-0.25, -0.2) is 9.97 Å². The summed E-state index contributed by atoms with van der Waals surface area (Å²) in [5.74, 6) is 1.18. The number of halogens is 1. The summed E-state index contributed by atoms with van der Waals surface area (Å²) in [6, 6.07) is 0. The number of nitrogens with zero attached hydrogens (tertiary/aromatic N) is 5. The Morgan fingerprint density at radius 2 is 1.88 bits per heavy atom. The third kappa shape index (κ3) is 5.28. The average Bonchev–Trinajstić information content (AvgIpc) is 2.62. The smallest absolute Gasteiger partial charge is 0.274 e. The molecule has 25 heavy (non-hydrogen) atoms. The van der Waals surface area contributed by atoms with Crippen LogP contribution in [0.15, 0.2) is 6.20 Å². The lowest BCUT2D eigenvalue weighted by atomic mass is 10.1. The second kappa shape index (κ2) is 9.34. The van der Waals surface area contributed by atoms with E-state index in [0.29, 0.717) is 22.6 Å². The predicted octanol–water partition coefficient (Wildman–Crippen LogP) is 2.78. The summed E-state index contributed by atoms with van der Waals surface area (Å²) in [4.78, 5) is 27.9. The fourth-order valence-electron chi connectivity index (χ4n) is 2.93. The molecular formula is C18H30ClN5O. The fourth-order valence-corrected chi connectivity index (χ4v) is 3.10. The molecule has 0 saturated carbocycles. The Morgan fingerprint density at radius 1 is 1.24 bits per heavy atom. The van der Waals surface area contributed by atoms with Gasteiger partial charge in [0.2, 0.25) is 5.95 Å². The van der Waals surface area contributed by atoms with Crippen LogP contribution in [0.4, 0.5) is 5.95 Å². The number of carbonyl (C=O) groups is 1. The molecule has 6 nitrogen and oxygen atoms in total. The van der Waals surface area contributed by atoms with Crippen LogP contribution in [0.2, 0.25) is 5.02 Å². The Hall–Kier alpha value is -1.40. The zero-order valence-electron chi connectivity index (χ0n) is 15.8. The molecule has 0 atom stereocenters. The molecule has 7 heteroatoms. The summed E-state index contributed by atoms with van der Waals surface area (Å²) in [6.07, 6.45) is 2.73. The number of piperazine rings is 1. The number of amides is 1. The second-order valence-corrected chi connectivity index (χ2v) is 7.26. The Bertz CT molecular complexity index is 569. The molecule has 2 rings (SSSR count). The number of hydrogen-bond acceptors (Lipinski definition) is 5. The first-order chi connectivity index (χ1) is 12.0. The van der Waals surface area contributed by atoms with Crippen molar-refractivity contribution in [2.24, 2.45) is 5.92 Å². The van der Waals surface area contributed by atoms with Crippen molar-refractivity contribution in [1.82, 2.24) is 19.8 Å². The second-order valence-electron chi connectivity index (χ2n) is 6.86. The highest BCUT2D eigenvalue weighted by atomic mass is 35.5. The molecule has 1 aromatic rings. The number of carbonyl (C=O) groups excluding carboxylic acids is 1. The molecule has 0 spiro atoms. The van der Waals surface area contributed by atoms with Gasteiger partial charge in [0.15, 0.2) is 5.69 Å². The quantitative estimate of drug-likeness (QED) is 0.741. The van der Waals surface area contributed by atoms with Crippen molar-refractivity contribution in [1.29, 1.82) is 0 Å². The van der Waals surface area contributed by atoms with Crippen molar-refractivity contribution in [3.05, 3.63) is 16.9 Å². The van der Waals surface area contributed by atoms with Gasteiger partial charge >= 0.3 is 0 Å². The van der Waals surface area contributed by atoms with E-state index in [4.69, 9.17) is 11.6 Å². The molecule has 140 valence electrons. The molecule has 1 aliphatic heterocycles. The van der Waals surface area contributed by atoms with E-state index in [9.17, 15) is 4.79 Å². The summed E-state index contributed by atoms with van der Waals surface area (Å²) in [7, 11) is 0. The number of rotatable bonds is 7. The van der Waals surface area contributed by atoms with Crippen molar-refractivity contribution in [3.63, 3.8) is 0 Å². The molecule has 0 bridgehead atoms. The molecular weight excluding hydrogens is 338 g/mol. The van der Waals surface area contributed by atoms with Crippen LogP contribution >= 0.6 is 11.6 Å². The highest BCUT2D eigenvalue weighted by Gasteiger charge is 2.25. The maximum atomic E-state index is 12.9. The van der Waals surface area contributed by atoms with Gasteiger partial charge in [0.05, 0.1) is 11.2 Å². The van der Waals surface area contributed by atoms with Crippen molar-refractivity contribution >= 4 is 23.5 Å². The predicted molar refractivity (Wildman–Crippen MR) is 102 cm³/mol. The van der Waals surface area contributed by atoms with Crippen LogP contribution in [0.5, 0.6) is 0 Å². The van der Waals surface area contributed by atoms with Crippen LogP contribution in [-0.2, 0) is 0 Å². The molecule has 0 unspecified atom stereocenters. The summed E-state index contributed by atoms with van der Waals surface area (Å²) in [5, 5.41) is 0.322. The van der Waals surface area contributed by atoms with E-state index in [1.807, 2.05) is 23.6 Å². The van der Waals surface area contributed by atoms with Crippen molar-refractivity contribution < 1.29 is 4.79 Å². The number of hydrogen-bond donors (Lipinski definition) is 0. The largest absolute Gasteiger partial charge is 0.341 e. The number of anilines is 1. The van der Waals surface area contributed by atoms with Gasteiger partial charge in [0, 0.05) is 39.3 Å². The van der Waals surface area contributed by atoms with E-state index < -0.39 is 0 Å². The molecule has 1 fully saturated rings. The zero-order valence-corrected chi connectivity index (χ0v) is 16.6. The first-order valence-corrected chi connectivity index (χ1v) is 9.63. The molecule has 1 saturated heterocycles. The van der Waals surface area contributed by atoms with Crippen LogP contribution < -0.4 is 4.90 Å². The van der Waals surface area contributed by atoms with Gasteiger partial charge < -0.3 is 9.80 Å². The van der Waals surface area contributed by atoms with Crippen LogP contribution in [0.1, 0.15) is 44.6 Å². The van der Waals surface area contributed by atoms with Crippen LogP contribution in [0, 0.1) is 5.92 Å². The molecule has 0 aromatic carbocycles. The lowest BCUT2D eigenvalue weighted by molar-refractivity contribution is 0.0626. The highest BCUT2D eigenvalue weighted by Crippen LogP contribution is 2.19. The van der Waals surface area contributed by atoms with Crippen molar-refractivity contribution in [2.75, 3.05) is 50.7 Å².